The number of methoxy groups -OCH3 is 1. The van der Waals surface area contributed by atoms with Gasteiger partial charge in [-0.3, -0.25) is 4.90 Å². The maximum absolute atomic E-state index is 9.88. The van der Waals surface area contributed by atoms with Gasteiger partial charge in [-0.1, -0.05) is 23.7 Å². The molecule has 2 aliphatic heterocycles. The summed E-state index contributed by atoms with van der Waals surface area (Å²) in [4.78, 5) is 9.55. The van der Waals surface area contributed by atoms with E-state index in [0.717, 1.165) is 57.0 Å². The number of anilines is 1. The van der Waals surface area contributed by atoms with Crippen molar-refractivity contribution in [2.45, 2.75) is 43.4 Å². The summed E-state index contributed by atoms with van der Waals surface area (Å²) in [5.41, 5.74) is 2.68. The topological polar surface area (TPSA) is 48.8 Å². The average Bonchev–Trinajstić information content (AvgIpc) is 3.22. The maximum atomic E-state index is 9.88. The minimum Gasteiger partial charge on any atom is -0.497 e. The number of ether oxygens (including phenoxy) is 1. The zero-order valence-electron chi connectivity index (χ0n) is 16.1. The van der Waals surface area contributed by atoms with Crippen molar-refractivity contribution < 1.29 is 9.84 Å². The molecule has 1 spiro atoms. The van der Waals surface area contributed by atoms with Crippen LogP contribution in [0.25, 0.3) is 0 Å². The minimum atomic E-state index is -0.157. The standard InChI is InChI=1S/C22H26ClN3O2/c1-28-19-4-2-15(3-5-19)12-26-14-22(20-8-16(23)11-24-21(20)26)9-17(10-22)25-7-6-18(27)13-25/h2-5,8,11,17-18,27H,6-7,9-10,12-14H2,1H3/t17?,18-,22?/m1/s1. The van der Waals surface area contributed by atoms with Crippen LogP contribution in [0.15, 0.2) is 36.5 Å². The predicted molar refractivity (Wildman–Crippen MR) is 110 cm³/mol. The highest BCUT2D eigenvalue weighted by Crippen LogP contribution is 2.54. The fraction of sp³-hybridized carbons (Fsp3) is 0.500. The lowest BCUT2D eigenvalue weighted by atomic mass is 9.62. The van der Waals surface area contributed by atoms with Gasteiger partial charge in [0.1, 0.15) is 11.6 Å². The number of benzene rings is 1. The Kier molecular flexibility index (Phi) is 4.49. The number of halogens is 1. The van der Waals surface area contributed by atoms with E-state index in [1.165, 1.54) is 11.1 Å². The van der Waals surface area contributed by atoms with Crippen molar-refractivity contribution in [1.82, 2.24) is 9.88 Å². The Balaban J connectivity index is 1.37. The number of aliphatic hydroxyl groups excluding tert-OH is 1. The highest BCUT2D eigenvalue weighted by atomic mass is 35.5. The normalized spacial score (nSPS) is 29.2. The third-order valence-electron chi connectivity index (χ3n) is 6.69. The predicted octanol–water partition coefficient (Wildman–Crippen LogP) is 3.23. The maximum Gasteiger partial charge on any atom is 0.132 e. The lowest BCUT2D eigenvalue weighted by Gasteiger charge is -2.49. The van der Waals surface area contributed by atoms with Gasteiger partial charge in [-0.05, 0) is 43.0 Å². The summed E-state index contributed by atoms with van der Waals surface area (Å²) < 4.78 is 5.27. The summed E-state index contributed by atoms with van der Waals surface area (Å²) in [5, 5.41) is 10.6. The van der Waals surface area contributed by atoms with Crippen molar-refractivity contribution in [3.05, 3.63) is 52.7 Å². The summed E-state index contributed by atoms with van der Waals surface area (Å²) >= 11 is 6.32. The number of hydrogen-bond acceptors (Lipinski definition) is 5. The molecule has 3 heterocycles. The number of hydrogen-bond donors (Lipinski definition) is 1. The van der Waals surface area contributed by atoms with Crippen molar-refractivity contribution in [3.63, 3.8) is 0 Å². The number of aromatic nitrogens is 1. The van der Waals surface area contributed by atoms with E-state index in [1.807, 2.05) is 12.1 Å². The molecule has 1 N–H and O–H groups in total. The molecule has 0 unspecified atom stereocenters. The molecule has 3 aliphatic rings. The molecule has 0 radical (unpaired) electrons. The Hall–Kier alpha value is -1.82. The molecule has 28 heavy (non-hydrogen) atoms. The summed E-state index contributed by atoms with van der Waals surface area (Å²) in [5.74, 6) is 1.95. The molecule has 0 amide bonds. The molecular weight excluding hydrogens is 374 g/mol. The molecule has 2 fully saturated rings. The zero-order chi connectivity index (χ0) is 19.3. The SMILES string of the molecule is COc1ccc(CN2CC3(CC(N4CC[C@@H](O)C4)C3)c3cc(Cl)cnc32)cc1. The summed E-state index contributed by atoms with van der Waals surface area (Å²) in [6, 6.07) is 10.9. The molecule has 1 saturated carbocycles. The molecule has 0 bridgehead atoms. The second kappa shape index (κ2) is 6.90. The second-order valence-corrected chi connectivity index (χ2v) is 8.95. The highest BCUT2D eigenvalue weighted by Gasteiger charge is 2.54. The van der Waals surface area contributed by atoms with Gasteiger partial charge >= 0.3 is 0 Å². The number of fused-ring (bicyclic) bond motifs is 2. The van der Waals surface area contributed by atoms with E-state index in [4.69, 9.17) is 21.3 Å². The van der Waals surface area contributed by atoms with E-state index >= 15 is 0 Å². The van der Waals surface area contributed by atoms with Gasteiger partial charge in [0.05, 0.1) is 18.2 Å². The van der Waals surface area contributed by atoms with E-state index in [-0.39, 0.29) is 11.5 Å². The molecule has 1 aromatic heterocycles. The van der Waals surface area contributed by atoms with Gasteiger partial charge in [0.25, 0.3) is 0 Å². The first-order valence-corrected chi connectivity index (χ1v) is 10.4. The van der Waals surface area contributed by atoms with Crippen molar-refractivity contribution in [2.24, 2.45) is 0 Å². The van der Waals surface area contributed by atoms with Crippen LogP contribution < -0.4 is 9.64 Å². The highest BCUT2D eigenvalue weighted by molar-refractivity contribution is 6.30. The third-order valence-corrected chi connectivity index (χ3v) is 6.90. The van der Waals surface area contributed by atoms with E-state index in [0.29, 0.717) is 11.1 Å². The summed E-state index contributed by atoms with van der Waals surface area (Å²) in [7, 11) is 1.69. The van der Waals surface area contributed by atoms with Gasteiger partial charge in [0.15, 0.2) is 0 Å². The van der Waals surface area contributed by atoms with E-state index in [9.17, 15) is 5.11 Å². The van der Waals surface area contributed by atoms with E-state index in [2.05, 4.69) is 28.0 Å². The Morgan fingerprint density at radius 3 is 2.75 bits per heavy atom. The van der Waals surface area contributed by atoms with Crippen LogP contribution in [0.1, 0.15) is 30.4 Å². The van der Waals surface area contributed by atoms with Crippen LogP contribution >= 0.6 is 11.6 Å². The Bertz CT molecular complexity index is 867. The van der Waals surface area contributed by atoms with Crippen molar-refractivity contribution in [1.29, 1.82) is 0 Å². The van der Waals surface area contributed by atoms with Crippen molar-refractivity contribution in [2.75, 3.05) is 31.6 Å². The molecule has 1 saturated heterocycles. The number of aliphatic hydroxyl groups is 1. The monoisotopic (exact) mass is 399 g/mol. The molecule has 5 rings (SSSR count). The molecule has 1 aromatic carbocycles. The van der Waals surface area contributed by atoms with Crippen LogP contribution in [0.4, 0.5) is 5.82 Å². The fourth-order valence-electron chi connectivity index (χ4n) is 5.23. The van der Waals surface area contributed by atoms with Gasteiger partial charge in [-0.15, -0.1) is 0 Å². The van der Waals surface area contributed by atoms with E-state index in [1.54, 1.807) is 13.3 Å². The van der Waals surface area contributed by atoms with Crippen molar-refractivity contribution >= 4 is 17.4 Å². The number of pyridine rings is 1. The minimum absolute atomic E-state index is 0.137. The molecule has 6 heteroatoms. The average molecular weight is 400 g/mol. The fourth-order valence-corrected chi connectivity index (χ4v) is 5.39. The lowest BCUT2D eigenvalue weighted by molar-refractivity contribution is 0.0662. The van der Waals surface area contributed by atoms with E-state index < -0.39 is 0 Å². The lowest BCUT2D eigenvalue weighted by Crippen LogP contribution is -2.54. The first-order valence-electron chi connectivity index (χ1n) is 10.0. The van der Waals surface area contributed by atoms with Gasteiger partial charge in [0.2, 0.25) is 0 Å². The van der Waals surface area contributed by atoms with Crippen LogP contribution in [-0.4, -0.2) is 53.9 Å². The first kappa shape index (κ1) is 18.2. The van der Waals surface area contributed by atoms with Crippen LogP contribution in [0.2, 0.25) is 5.02 Å². The summed E-state index contributed by atoms with van der Waals surface area (Å²) in [6.07, 6.45) is 4.74. The van der Waals surface area contributed by atoms with Gasteiger partial charge in [-0.2, -0.15) is 0 Å². The Morgan fingerprint density at radius 2 is 2.07 bits per heavy atom. The number of β-amino-alcohol motifs (C(OH)–C–C–N with tert-alkyl or cyclic N) is 1. The van der Waals surface area contributed by atoms with Gasteiger partial charge in [-0.25, -0.2) is 4.98 Å². The molecule has 2 aromatic rings. The molecular formula is C22H26ClN3O2. The third kappa shape index (κ3) is 3.06. The Labute approximate surface area is 170 Å². The van der Waals surface area contributed by atoms with Crippen molar-refractivity contribution in [3.8, 4) is 5.75 Å². The van der Waals surface area contributed by atoms with Crippen LogP contribution in [0.3, 0.4) is 0 Å². The largest absolute Gasteiger partial charge is 0.497 e. The van der Waals surface area contributed by atoms with Gasteiger partial charge in [0, 0.05) is 49.4 Å². The molecule has 1 atom stereocenters. The zero-order valence-corrected chi connectivity index (χ0v) is 16.9. The smallest absolute Gasteiger partial charge is 0.132 e. The number of nitrogens with zero attached hydrogens (tertiary/aromatic N) is 3. The molecule has 1 aliphatic carbocycles. The number of likely N-dealkylation sites (tertiary alicyclic amines) is 1. The second-order valence-electron chi connectivity index (χ2n) is 8.51. The van der Waals surface area contributed by atoms with Crippen LogP contribution in [-0.2, 0) is 12.0 Å². The summed E-state index contributed by atoms with van der Waals surface area (Å²) in [6.45, 7) is 3.64. The van der Waals surface area contributed by atoms with Crippen LogP contribution in [0.5, 0.6) is 5.75 Å². The van der Waals surface area contributed by atoms with Gasteiger partial charge < -0.3 is 14.7 Å². The Morgan fingerprint density at radius 1 is 1.29 bits per heavy atom. The quantitative estimate of drug-likeness (QED) is 0.855. The molecule has 5 nitrogen and oxygen atoms in total. The molecule has 148 valence electrons. The van der Waals surface area contributed by atoms with Crippen LogP contribution in [0, 0.1) is 0 Å². The first-order chi connectivity index (χ1) is 13.6. The number of rotatable bonds is 4.